The Labute approximate surface area is 218 Å². The first-order valence-electron chi connectivity index (χ1n) is 13.3. The Hall–Kier alpha value is -1.71. The van der Waals surface area contributed by atoms with Crippen molar-refractivity contribution in [3.63, 3.8) is 0 Å². The maximum absolute atomic E-state index is 13.9. The number of amides is 1. The summed E-state index contributed by atoms with van der Waals surface area (Å²) in [6, 6.07) is 9.18. The van der Waals surface area contributed by atoms with Crippen LogP contribution in [0.1, 0.15) is 62.0 Å². The number of aliphatic imine (C=N–C) groups is 1. The molecule has 6 rings (SSSR count). The molecule has 0 spiro atoms. The third kappa shape index (κ3) is 4.71. The van der Waals surface area contributed by atoms with E-state index in [1.54, 1.807) is 0 Å². The summed E-state index contributed by atoms with van der Waals surface area (Å²) in [5.74, 6) is 1.26. The normalized spacial score (nSPS) is 30.0. The van der Waals surface area contributed by atoms with E-state index in [1.165, 1.54) is 33.2 Å². The van der Waals surface area contributed by atoms with Gasteiger partial charge in [-0.15, -0.1) is 0 Å². The van der Waals surface area contributed by atoms with Crippen molar-refractivity contribution >= 4 is 11.6 Å². The SMILES string of the molecule is C[C@@H]1C[C@@H](O)C2=NC=C[I-]C(N3CCN(C(=O)[C@@H](c4ccc(C5CC5)cc4)[C@@H]4CCCN4)CC3)=C21. The van der Waals surface area contributed by atoms with Gasteiger partial charge in [-0.3, -0.25) is 0 Å². The summed E-state index contributed by atoms with van der Waals surface area (Å²) in [6.07, 6.45) is 7.03. The van der Waals surface area contributed by atoms with Gasteiger partial charge in [-0.05, 0) is 12.8 Å². The van der Waals surface area contributed by atoms with Crippen LogP contribution in [0.5, 0.6) is 0 Å². The monoisotopic (exact) mass is 587 g/mol. The number of fused-ring (bicyclic) bond motifs is 1. The number of halogens is 1. The van der Waals surface area contributed by atoms with Crippen LogP contribution >= 0.6 is 0 Å². The molecule has 1 aromatic carbocycles. The molecule has 1 aromatic rings. The number of aliphatic hydroxyl groups is 1. The molecule has 35 heavy (non-hydrogen) atoms. The Bertz CT molecular complexity index is 1050. The zero-order valence-corrected chi connectivity index (χ0v) is 22.7. The van der Waals surface area contributed by atoms with Gasteiger partial charge < -0.3 is 0 Å². The Balaban J connectivity index is 1.18. The van der Waals surface area contributed by atoms with Gasteiger partial charge in [-0.2, -0.15) is 0 Å². The third-order valence-corrected chi connectivity index (χ3v) is 10.8. The number of piperazine rings is 1. The van der Waals surface area contributed by atoms with Gasteiger partial charge in [0.15, 0.2) is 0 Å². The van der Waals surface area contributed by atoms with Crippen LogP contribution in [0, 0.1) is 5.92 Å². The number of aliphatic hydroxyl groups excluding tert-OH is 1. The van der Waals surface area contributed by atoms with Crippen molar-refractivity contribution in [2.45, 2.75) is 63.0 Å². The molecule has 0 aromatic heterocycles. The number of rotatable bonds is 5. The summed E-state index contributed by atoms with van der Waals surface area (Å²) in [5, 5.41) is 14.1. The molecule has 0 bridgehead atoms. The molecule has 0 unspecified atom stereocenters. The minimum absolute atomic E-state index is 0.101. The molecule has 7 heteroatoms. The topological polar surface area (TPSA) is 68.2 Å². The number of nitrogens with zero attached hydrogens (tertiary/aromatic N) is 3. The molecule has 4 atom stereocenters. The summed E-state index contributed by atoms with van der Waals surface area (Å²) >= 11 is -0.290. The Morgan fingerprint density at radius 2 is 1.91 bits per heavy atom. The van der Waals surface area contributed by atoms with Crippen LogP contribution in [0.25, 0.3) is 0 Å². The molecule has 3 aliphatic heterocycles. The molecular formula is C28H36IN4O2-. The van der Waals surface area contributed by atoms with Crippen LogP contribution < -0.4 is 26.5 Å². The number of carbonyl (C=O) groups excluding carboxylic acids is 1. The van der Waals surface area contributed by atoms with Crippen LogP contribution in [-0.2, 0) is 4.79 Å². The third-order valence-electron chi connectivity index (χ3n) is 8.30. The van der Waals surface area contributed by atoms with Gasteiger partial charge in [0, 0.05) is 0 Å². The van der Waals surface area contributed by atoms with E-state index >= 15 is 0 Å². The van der Waals surface area contributed by atoms with Gasteiger partial charge in [0.2, 0.25) is 0 Å². The van der Waals surface area contributed by atoms with Crippen molar-refractivity contribution in [3.05, 3.63) is 55.0 Å². The Morgan fingerprint density at radius 1 is 1.14 bits per heavy atom. The molecule has 6 nitrogen and oxygen atoms in total. The van der Waals surface area contributed by atoms with E-state index in [0.717, 1.165) is 63.6 Å². The van der Waals surface area contributed by atoms with Crippen LogP contribution in [-0.4, -0.2) is 71.4 Å². The van der Waals surface area contributed by atoms with Crippen molar-refractivity contribution in [1.82, 2.24) is 15.1 Å². The molecule has 3 heterocycles. The van der Waals surface area contributed by atoms with E-state index in [2.05, 4.69) is 55.4 Å². The molecule has 2 saturated heterocycles. The van der Waals surface area contributed by atoms with Gasteiger partial charge in [0.05, 0.1) is 0 Å². The van der Waals surface area contributed by atoms with E-state index in [9.17, 15) is 9.90 Å². The number of benzene rings is 1. The van der Waals surface area contributed by atoms with E-state index in [1.807, 2.05) is 6.20 Å². The second-order valence-electron chi connectivity index (χ2n) is 10.7. The van der Waals surface area contributed by atoms with E-state index in [0.29, 0.717) is 5.92 Å². The fourth-order valence-corrected chi connectivity index (χ4v) is 8.89. The number of carbonyl (C=O) groups is 1. The summed E-state index contributed by atoms with van der Waals surface area (Å²) in [5.41, 5.74) is 4.75. The zero-order valence-electron chi connectivity index (χ0n) is 20.5. The molecule has 2 saturated carbocycles. The van der Waals surface area contributed by atoms with Gasteiger partial charge in [0.1, 0.15) is 0 Å². The molecule has 188 valence electrons. The van der Waals surface area contributed by atoms with Crippen molar-refractivity contribution in [2.75, 3.05) is 32.7 Å². The number of hydrogen-bond donors (Lipinski definition) is 2. The maximum atomic E-state index is 13.9. The van der Waals surface area contributed by atoms with Crippen LogP contribution in [0.3, 0.4) is 0 Å². The van der Waals surface area contributed by atoms with Crippen molar-refractivity contribution in [3.8, 4) is 0 Å². The summed E-state index contributed by atoms with van der Waals surface area (Å²) < 4.78 is 3.61. The quantitative estimate of drug-likeness (QED) is 0.381. The van der Waals surface area contributed by atoms with Gasteiger partial charge in [-0.25, -0.2) is 0 Å². The van der Waals surface area contributed by atoms with Crippen LogP contribution in [0.15, 0.2) is 48.8 Å². The number of nitrogens with one attached hydrogen (secondary N) is 1. The van der Waals surface area contributed by atoms with Crippen molar-refractivity contribution < 1.29 is 31.1 Å². The summed E-state index contributed by atoms with van der Waals surface area (Å²) in [7, 11) is 0. The zero-order chi connectivity index (χ0) is 23.9. The molecule has 2 aliphatic carbocycles. The van der Waals surface area contributed by atoms with Crippen molar-refractivity contribution in [2.24, 2.45) is 10.9 Å². The van der Waals surface area contributed by atoms with E-state index < -0.39 is 6.10 Å². The molecule has 1 amide bonds. The predicted molar refractivity (Wildman–Crippen MR) is 134 cm³/mol. The predicted octanol–water partition coefficient (Wildman–Crippen LogP) is 0.171. The first-order valence-corrected chi connectivity index (χ1v) is 15.6. The summed E-state index contributed by atoms with van der Waals surface area (Å²) in [4.78, 5) is 23.1. The average molecular weight is 588 g/mol. The van der Waals surface area contributed by atoms with Crippen LogP contribution in [0.2, 0.25) is 0 Å². The summed E-state index contributed by atoms with van der Waals surface area (Å²) in [6.45, 7) is 6.46. The van der Waals surface area contributed by atoms with Crippen LogP contribution in [0.4, 0.5) is 0 Å². The van der Waals surface area contributed by atoms with Gasteiger partial charge in [0.25, 0.3) is 0 Å². The van der Waals surface area contributed by atoms with E-state index in [4.69, 9.17) is 0 Å². The van der Waals surface area contributed by atoms with E-state index in [-0.39, 0.29) is 39.1 Å². The second-order valence-corrected chi connectivity index (χ2v) is 13.1. The molecule has 0 radical (unpaired) electrons. The first kappa shape index (κ1) is 23.7. The molecular weight excluding hydrogens is 551 g/mol. The fraction of sp³-hybridized carbons (Fsp3) is 0.571. The minimum atomic E-state index is -0.449. The average Bonchev–Trinajstić information content (AvgIpc) is 3.58. The van der Waals surface area contributed by atoms with Gasteiger partial charge >= 0.3 is 207 Å². The first-order chi connectivity index (χ1) is 17.1. The molecule has 2 N–H and O–H groups in total. The van der Waals surface area contributed by atoms with Crippen molar-refractivity contribution in [1.29, 1.82) is 0 Å². The molecule has 4 fully saturated rings. The Morgan fingerprint density at radius 3 is 2.60 bits per heavy atom. The second kappa shape index (κ2) is 9.98. The fourth-order valence-electron chi connectivity index (χ4n) is 6.21. The standard InChI is InChI=1S/C28H36IN4O2/c1-18-17-23(34)26-24(18)27(29-10-12-31-26)32-13-15-33(16-14-32)28(35)25(22-3-2-11-30-22)21-8-6-20(7-9-21)19-4-5-19/h6-10,12,18-19,22-23,25,30,34H,2-5,11,13-17H2,1H3/q-1/t18-,22+,23-,25+/m1/s1. The van der Waals surface area contributed by atoms with Gasteiger partial charge in [-0.1, -0.05) is 0 Å². The number of hydrogen-bond acceptors (Lipinski definition) is 5. The Kier molecular flexibility index (Phi) is 6.75. The molecule has 5 aliphatic rings.